The van der Waals surface area contributed by atoms with E-state index in [1.54, 1.807) is 0 Å². The fourth-order valence-electron chi connectivity index (χ4n) is 3.85. The third-order valence-electron chi connectivity index (χ3n) is 5.25. The molecule has 1 spiro atoms. The smallest absolute Gasteiger partial charge is 0.188 e. The molecule has 3 atom stereocenters. The zero-order chi connectivity index (χ0) is 14.0. The van der Waals surface area contributed by atoms with Crippen LogP contribution in [-0.2, 0) is 9.47 Å². The molecule has 3 unspecified atom stereocenters. The summed E-state index contributed by atoms with van der Waals surface area (Å²) >= 11 is 0. The van der Waals surface area contributed by atoms with Gasteiger partial charge in [0, 0.05) is 24.7 Å². The molecule has 3 fully saturated rings. The van der Waals surface area contributed by atoms with E-state index in [0.717, 1.165) is 32.5 Å². The summed E-state index contributed by atoms with van der Waals surface area (Å²) in [7, 11) is 0. The first-order chi connectivity index (χ1) is 9.74. The van der Waals surface area contributed by atoms with Gasteiger partial charge in [-0.3, -0.25) is 4.99 Å². The number of guanidine groups is 1. The van der Waals surface area contributed by atoms with Crippen molar-refractivity contribution in [2.75, 3.05) is 19.8 Å². The number of rotatable bonds is 5. The molecule has 3 rings (SSSR count). The molecule has 5 heteroatoms. The molecule has 0 aromatic carbocycles. The highest BCUT2D eigenvalue weighted by Crippen LogP contribution is 2.57. The van der Waals surface area contributed by atoms with Crippen molar-refractivity contribution in [1.29, 1.82) is 0 Å². The van der Waals surface area contributed by atoms with Crippen molar-refractivity contribution < 1.29 is 9.47 Å². The van der Waals surface area contributed by atoms with Crippen LogP contribution < -0.4 is 11.1 Å². The number of nitrogens with zero attached hydrogens (tertiary/aromatic N) is 1. The lowest BCUT2D eigenvalue weighted by molar-refractivity contribution is -0.168. The highest BCUT2D eigenvalue weighted by atomic mass is 16.5. The van der Waals surface area contributed by atoms with Crippen LogP contribution in [0.15, 0.2) is 4.99 Å². The van der Waals surface area contributed by atoms with E-state index < -0.39 is 0 Å². The van der Waals surface area contributed by atoms with Crippen molar-refractivity contribution in [2.45, 2.75) is 63.7 Å². The molecule has 1 saturated heterocycles. The van der Waals surface area contributed by atoms with Crippen LogP contribution in [0.25, 0.3) is 0 Å². The van der Waals surface area contributed by atoms with Crippen LogP contribution >= 0.6 is 0 Å². The van der Waals surface area contributed by atoms with Gasteiger partial charge in [-0.2, -0.15) is 0 Å². The molecule has 0 amide bonds. The first-order valence-electron chi connectivity index (χ1n) is 8.04. The van der Waals surface area contributed by atoms with Gasteiger partial charge in [-0.15, -0.1) is 0 Å². The summed E-state index contributed by atoms with van der Waals surface area (Å²) in [6, 6.07) is 0.445. The Kier molecular flexibility index (Phi) is 4.17. The average molecular weight is 281 g/mol. The molecular formula is C15H27N3O2. The van der Waals surface area contributed by atoms with Crippen molar-refractivity contribution in [3.8, 4) is 0 Å². The van der Waals surface area contributed by atoms with Crippen LogP contribution in [-0.4, -0.2) is 44.0 Å². The molecule has 0 bridgehead atoms. The third kappa shape index (κ3) is 2.53. The van der Waals surface area contributed by atoms with Crippen LogP contribution in [0.1, 0.15) is 45.4 Å². The maximum absolute atomic E-state index is 6.02. The van der Waals surface area contributed by atoms with Crippen molar-refractivity contribution in [1.82, 2.24) is 5.32 Å². The van der Waals surface area contributed by atoms with Gasteiger partial charge in [0.1, 0.15) is 0 Å². The Bertz CT molecular complexity index is 362. The molecule has 2 aliphatic carbocycles. The molecule has 5 nitrogen and oxygen atoms in total. The summed E-state index contributed by atoms with van der Waals surface area (Å²) in [4.78, 5) is 4.44. The Balaban J connectivity index is 1.49. The minimum absolute atomic E-state index is 0.269. The minimum atomic E-state index is 0.269. The summed E-state index contributed by atoms with van der Waals surface area (Å²) in [5.41, 5.74) is 6.36. The van der Waals surface area contributed by atoms with Crippen molar-refractivity contribution in [3.05, 3.63) is 0 Å². The normalized spacial score (nSPS) is 35.6. The van der Waals surface area contributed by atoms with Gasteiger partial charge in [0.05, 0.1) is 18.8 Å². The van der Waals surface area contributed by atoms with Gasteiger partial charge < -0.3 is 20.5 Å². The summed E-state index contributed by atoms with van der Waals surface area (Å²) < 4.78 is 11.4. The van der Waals surface area contributed by atoms with Crippen LogP contribution in [0.4, 0.5) is 0 Å². The van der Waals surface area contributed by atoms with E-state index in [9.17, 15) is 0 Å². The van der Waals surface area contributed by atoms with Gasteiger partial charge in [-0.05, 0) is 39.0 Å². The van der Waals surface area contributed by atoms with Crippen molar-refractivity contribution in [2.24, 2.45) is 16.1 Å². The lowest BCUT2D eigenvalue weighted by atomic mass is 9.51. The molecule has 2 saturated carbocycles. The molecule has 1 heterocycles. The highest BCUT2D eigenvalue weighted by molar-refractivity contribution is 5.78. The van der Waals surface area contributed by atoms with Crippen LogP contribution in [0, 0.1) is 5.41 Å². The van der Waals surface area contributed by atoms with Crippen molar-refractivity contribution in [3.63, 3.8) is 0 Å². The predicted molar refractivity (Wildman–Crippen MR) is 78.7 cm³/mol. The topological polar surface area (TPSA) is 68.9 Å². The largest absolute Gasteiger partial charge is 0.378 e. The highest BCUT2D eigenvalue weighted by Gasteiger charge is 2.59. The van der Waals surface area contributed by atoms with E-state index in [1.807, 2.05) is 0 Å². The van der Waals surface area contributed by atoms with Crippen LogP contribution in [0.5, 0.6) is 0 Å². The minimum Gasteiger partial charge on any atom is -0.378 e. The van der Waals surface area contributed by atoms with E-state index in [1.165, 1.54) is 19.3 Å². The fraction of sp³-hybridized carbons (Fsp3) is 0.933. The van der Waals surface area contributed by atoms with E-state index in [2.05, 4.69) is 17.2 Å². The number of nitrogens with one attached hydrogen (secondary N) is 1. The molecule has 20 heavy (non-hydrogen) atoms. The Morgan fingerprint density at radius 3 is 2.90 bits per heavy atom. The second kappa shape index (κ2) is 5.90. The lowest BCUT2D eigenvalue weighted by Gasteiger charge is -2.61. The van der Waals surface area contributed by atoms with Gasteiger partial charge in [0.25, 0.3) is 0 Å². The number of hydrogen-bond acceptors (Lipinski definition) is 3. The van der Waals surface area contributed by atoms with E-state index in [4.69, 9.17) is 15.2 Å². The predicted octanol–water partition coefficient (Wildman–Crippen LogP) is 1.42. The monoisotopic (exact) mass is 281 g/mol. The molecule has 0 aromatic heterocycles. The zero-order valence-electron chi connectivity index (χ0n) is 12.4. The molecule has 3 aliphatic rings. The zero-order valence-corrected chi connectivity index (χ0v) is 12.4. The molecule has 0 radical (unpaired) electrons. The number of aliphatic imine (C=N–C) groups is 1. The Morgan fingerprint density at radius 2 is 2.30 bits per heavy atom. The standard InChI is InChI=1S/C15H27N3O2/c1-2-19-13-9-12(15(13)6-4-7-15)18-14(16)17-10-11-5-3-8-20-11/h11-13H,2-10H2,1H3,(H3,16,17,18). The fourth-order valence-corrected chi connectivity index (χ4v) is 3.85. The maximum atomic E-state index is 6.02. The van der Waals surface area contributed by atoms with E-state index >= 15 is 0 Å². The number of hydrogen-bond donors (Lipinski definition) is 2. The number of ether oxygens (including phenoxy) is 2. The summed E-state index contributed by atoms with van der Waals surface area (Å²) in [6.07, 6.45) is 7.84. The molecule has 1 aliphatic heterocycles. The third-order valence-corrected chi connectivity index (χ3v) is 5.25. The quantitative estimate of drug-likeness (QED) is 0.590. The molecular weight excluding hydrogens is 254 g/mol. The Labute approximate surface area is 121 Å². The Morgan fingerprint density at radius 1 is 1.45 bits per heavy atom. The lowest BCUT2D eigenvalue weighted by Crippen LogP contribution is -2.68. The molecule has 114 valence electrons. The first kappa shape index (κ1) is 14.1. The van der Waals surface area contributed by atoms with Gasteiger partial charge in [0.2, 0.25) is 0 Å². The first-order valence-corrected chi connectivity index (χ1v) is 8.04. The van der Waals surface area contributed by atoms with Gasteiger partial charge in [0.15, 0.2) is 5.96 Å². The van der Waals surface area contributed by atoms with Crippen LogP contribution in [0.3, 0.4) is 0 Å². The Hall–Kier alpha value is -0.810. The SMILES string of the molecule is CCOC1CC(NC(N)=NCC2CCCO2)C12CCC2. The second-order valence-corrected chi connectivity index (χ2v) is 6.32. The van der Waals surface area contributed by atoms with E-state index in [-0.39, 0.29) is 6.10 Å². The maximum Gasteiger partial charge on any atom is 0.188 e. The van der Waals surface area contributed by atoms with Gasteiger partial charge in [-0.1, -0.05) is 6.42 Å². The van der Waals surface area contributed by atoms with E-state index in [0.29, 0.717) is 30.1 Å². The van der Waals surface area contributed by atoms with Crippen LogP contribution in [0.2, 0.25) is 0 Å². The average Bonchev–Trinajstić information content (AvgIpc) is 2.86. The summed E-state index contributed by atoms with van der Waals surface area (Å²) in [5, 5.41) is 3.41. The van der Waals surface area contributed by atoms with Gasteiger partial charge >= 0.3 is 0 Å². The second-order valence-electron chi connectivity index (χ2n) is 6.32. The van der Waals surface area contributed by atoms with Crippen molar-refractivity contribution >= 4 is 5.96 Å². The summed E-state index contributed by atoms with van der Waals surface area (Å²) in [5.74, 6) is 0.576. The van der Waals surface area contributed by atoms with Gasteiger partial charge in [-0.25, -0.2) is 0 Å². The molecule has 0 aromatic rings. The summed E-state index contributed by atoms with van der Waals surface area (Å²) in [6.45, 7) is 4.44. The number of nitrogens with two attached hydrogens (primary N) is 1. The molecule has 3 N–H and O–H groups in total.